The van der Waals surface area contributed by atoms with Gasteiger partial charge in [0.1, 0.15) is 0 Å². The van der Waals surface area contributed by atoms with Gasteiger partial charge in [0, 0.05) is 16.0 Å². The number of halogens is 2. The number of hydrogen-bond acceptors (Lipinski definition) is 3. The third-order valence-corrected chi connectivity index (χ3v) is 4.31. The minimum absolute atomic E-state index is 0.0434. The maximum atomic E-state index is 6.13. The van der Waals surface area contributed by atoms with Crippen LogP contribution in [-0.2, 0) is 6.42 Å². The highest BCUT2D eigenvalue weighted by Crippen LogP contribution is 2.24. The van der Waals surface area contributed by atoms with Gasteiger partial charge in [-0.3, -0.25) is 16.3 Å². The number of nitrogens with two attached hydrogens (primary N) is 1. The van der Waals surface area contributed by atoms with Crippen LogP contribution in [0.25, 0.3) is 0 Å². The molecular formula is C13H13ClIN3. The van der Waals surface area contributed by atoms with Crippen LogP contribution < -0.4 is 11.3 Å². The van der Waals surface area contributed by atoms with Crippen LogP contribution in [0.4, 0.5) is 0 Å². The molecule has 0 fully saturated rings. The fraction of sp³-hybridized carbons (Fsp3) is 0.154. The Morgan fingerprint density at radius 3 is 2.61 bits per heavy atom. The lowest BCUT2D eigenvalue weighted by atomic mass is 10.0. The number of hydrogen-bond donors (Lipinski definition) is 2. The molecule has 0 bridgehead atoms. The largest absolute Gasteiger partial charge is 0.271 e. The third-order valence-electron chi connectivity index (χ3n) is 2.74. The molecule has 0 aliphatic heterocycles. The summed E-state index contributed by atoms with van der Waals surface area (Å²) >= 11 is 8.34. The van der Waals surface area contributed by atoms with Crippen LogP contribution in [-0.4, -0.2) is 4.98 Å². The van der Waals surface area contributed by atoms with Crippen molar-refractivity contribution in [2.75, 3.05) is 0 Å². The van der Waals surface area contributed by atoms with E-state index < -0.39 is 0 Å². The minimum atomic E-state index is 0.0434. The second-order valence-electron chi connectivity index (χ2n) is 3.95. The van der Waals surface area contributed by atoms with Crippen molar-refractivity contribution < 1.29 is 0 Å². The summed E-state index contributed by atoms with van der Waals surface area (Å²) in [5, 5.41) is 0.753. The van der Waals surface area contributed by atoms with Crippen molar-refractivity contribution in [2.24, 2.45) is 5.84 Å². The van der Waals surface area contributed by atoms with Crippen molar-refractivity contribution in [2.45, 2.75) is 12.5 Å². The molecule has 1 aromatic carbocycles. The fourth-order valence-electron chi connectivity index (χ4n) is 1.76. The molecule has 1 aromatic heterocycles. The molecule has 0 spiro atoms. The number of rotatable bonds is 4. The number of hydrazine groups is 1. The van der Waals surface area contributed by atoms with Gasteiger partial charge in [-0.05, 0) is 64.4 Å². The lowest BCUT2D eigenvalue weighted by molar-refractivity contribution is 0.551. The van der Waals surface area contributed by atoms with E-state index in [0.717, 1.165) is 20.6 Å². The quantitative estimate of drug-likeness (QED) is 0.492. The summed E-state index contributed by atoms with van der Waals surface area (Å²) in [5.74, 6) is 5.63. The summed E-state index contributed by atoms with van der Waals surface area (Å²) in [5.41, 5.74) is 5.10. The lowest BCUT2D eigenvalue weighted by Gasteiger charge is -2.17. The van der Waals surface area contributed by atoms with E-state index in [0.29, 0.717) is 0 Å². The average molecular weight is 374 g/mol. The Bertz CT molecular complexity index is 519. The van der Waals surface area contributed by atoms with E-state index in [1.165, 1.54) is 5.56 Å². The predicted octanol–water partition coefficient (Wildman–Crippen LogP) is 3.09. The Morgan fingerprint density at radius 2 is 2.00 bits per heavy atom. The Morgan fingerprint density at radius 1 is 1.28 bits per heavy atom. The molecule has 0 aliphatic carbocycles. The summed E-state index contributed by atoms with van der Waals surface area (Å²) in [6, 6.07) is 10.0. The molecule has 1 atom stereocenters. The maximum absolute atomic E-state index is 6.13. The topological polar surface area (TPSA) is 50.9 Å². The second kappa shape index (κ2) is 6.47. The molecule has 0 saturated carbocycles. The molecule has 94 valence electrons. The monoisotopic (exact) mass is 373 g/mol. The summed E-state index contributed by atoms with van der Waals surface area (Å²) in [4.78, 5) is 4.00. The van der Waals surface area contributed by atoms with Crippen molar-refractivity contribution in [3.8, 4) is 0 Å². The van der Waals surface area contributed by atoms with Gasteiger partial charge in [-0.1, -0.05) is 17.7 Å². The van der Waals surface area contributed by atoms with E-state index >= 15 is 0 Å². The van der Waals surface area contributed by atoms with Gasteiger partial charge in [-0.15, -0.1) is 0 Å². The summed E-state index contributed by atoms with van der Waals surface area (Å²) in [6.07, 6.45) is 4.36. The Hall–Kier alpha value is -0.690. The normalized spacial score (nSPS) is 12.4. The average Bonchev–Trinajstić information content (AvgIpc) is 2.40. The van der Waals surface area contributed by atoms with Gasteiger partial charge in [0.05, 0.1) is 11.1 Å². The predicted molar refractivity (Wildman–Crippen MR) is 82.2 cm³/mol. The molecule has 0 aliphatic rings. The molecule has 0 saturated heterocycles. The smallest absolute Gasteiger partial charge is 0.0542 e. The first kappa shape index (κ1) is 13.7. The number of nitrogens with one attached hydrogen (secondary N) is 1. The van der Waals surface area contributed by atoms with Crippen LogP contribution in [0.1, 0.15) is 17.2 Å². The molecule has 0 amide bonds. The van der Waals surface area contributed by atoms with Crippen molar-refractivity contribution in [3.05, 3.63) is 62.4 Å². The first-order valence-electron chi connectivity index (χ1n) is 5.50. The molecule has 5 heteroatoms. The van der Waals surface area contributed by atoms with Gasteiger partial charge in [0.2, 0.25) is 0 Å². The van der Waals surface area contributed by atoms with Crippen molar-refractivity contribution in [1.29, 1.82) is 0 Å². The van der Waals surface area contributed by atoms with Crippen LogP contribution in [0.2, 0.25) is 5.02 Å². The Labute approximate surface area is 125 Å². The van der Waals surface area contributed by atoms with Gasteiger partial charge < -0.3 is 0 Å². The van der Waals surface area contributed by atoms with Crippen molar-refractivity contribution in [1.82, 2.24) is 10.4 Å². The first-order valence-corrected chi connectivity index (χ1v) is 6.96. The van der Waals surface area contributed by atoms with E-state index in [2.05, 4.69) is 33.0 Å². The van der Waals surface area contributed by atoms with Crippen LogP contribution in [0.15, 0.2) is 42.7 Å². The van der Waals surface area contributed by atoms with E-state index in [4.69, 9.17) is 17.4 Å². The molecule has 1 unspecified atom stereocenters. The number of pyridine rings is 1. The SMILES string of the molecule is NNC(Cc1ccncc1)c1ccc(I)c(Cl)c1. The van der Waals surface area contributed by atoms with E-state index in [1.54, 1.807) is 12.4 Å². The van der Waals surface area contributed by atoms with Crippen LogP contribution in [0.3, 0.4) is 0 Å². The third kappa shape index (κ3) is 3.41. The molecule has 18 heavy (non-hydrogen) atoms. The standard InChI is InChI=1S/C13H13ClIN3/c14-11-8-10(1-2-12(11)15)13(18-16)7-9-3-5-17-6-4-9/h1-6,8,13,18H,7,16H2. The highest BCUT2D eigenvalue weighted by molar-refractivity contribution is 14.1. The summed E-state index contributed by atoms with van der Waals surface area (Å²) in [7, 11) is 0. The fourth-order valence-corrected chi connectivity index (χ4v) is 2.28. The zero-order valence-electron chi connectivity index (χ0n) is 9.61. The van der Waals surface area contributed by atoms with E-state index in [-0.39, 0.29) is 6.04 Å². The van der Waals surface area contributed by atoms with Crippen molar-refractivity contribution >= 4 is 34.2 Å². The minimum Gasteiger partial charge on any atom is -0.271 e. The zero-order valence-corrected chi connectivity index (χ0v) is 12.5. The Kier molecular flexibility index (Phi) is 4.94. The van der Waals surface area contributed by atoms with Gasteiger partial charge >= 0.3 is 0 Å². The van der Waals surface area contributed by atoms with Crippen LogP contribution in [0.5, 0.6) is 0 Å². The van der Waals surface area contributed by atoms with Crippen molar-refractivity contribution in [3.63, 3.8) is 0 Å². The molecule has 1 heterocycles. The van der Waals surface area contributed by atoms with Gasteiger partial charge in [0.25, 0.3) is 0 Å². The lowest BCUT2D eigenvalue weighted by Crippen LogP contribution is -2.29. The van der Waals surface area contributed by atoms with E-state index in [9.17, 15) is 0 Å². The molecule has 2 rings (SSSR count). The van der Waals surface area contributed by atoms with Gasteiger partial charge in [0.15, 0.2) is 0 Å². The van der Waals surface area contributed by atoms with Gasteiger partial charge in [-0.2, -0.15) is 0 Å². The number of aromatic nitrogens is 1. The maximum Gasteiger partial charge on any atom is 0.0542 e. The summed E-state index contributed by atoms with van der Waals surface area (Å²) in [6.45, 7) is 0. The highest BCUT2D eigenvalue weighted by Gasteiger charge is 2.11. The van der Waals surface area contributed by atoms with Crippen LogP contribution >= 0.6 is 34.2 Å². The number of benzene rings is 1. The first-order chi connectivity index (χ1) is 8.70. The Balaban J connectivity index is 2.20. The second-order valence-corrected chi connectivity index (χ2v) is 5.52. The molecule has 0 radical (unpaired) electrons. The molecule has 3 nitrogen and oxygen atoms in total. The number of nitrogens with zero attached hydrogens (tertiary/aromatic N) is 1. The van der Waals surface area contributed by atoms with Crippen LogP contribution in [0, 0.1) is 3.57 Å². The molecule has 3 N–H and O–H groups in total. The highest BCUT2D eigenvalue weighted by atomic mass is 127. The van der Waals surface area contributed by atoms with E-state index in [1.807, 2.05) is 30.3 Å². The van der Waals surface area contributed by atoms with Gasteiger partial charge in [-0.25, -0.2) is 0 Å². The molecule has 2 aromatic rings. The molecular weight excluding hydrogens is 361 g/mol. The zero-order chi connectivity index (χ0) is 13.0. The summed E-state index contributed by atoms with van der Waals surface area (Å²) < 4.78 is 1.04.